The maximum absolute atomic E-state index is 11.0. The van der Waals surface area contributed by atoms with Gasteiger partial charge in [-0.3, -0.25) is 4.79 Å². The normalized spacial score (nSPS) is 36.5. The Morgan fingerprint density at radius 3 is 2.48 bits per heavy atom. The number of hydrogen-bond donors (Lipinski definition) is 2. The Morgan fingerprint density at radius 1 is 1.00 bits per heavy atom. The zero-order chi connectivity index (χ0) is 14.4. The highest BCUT2D eigenvalue weighted by molar-refractivity contribution is 5.88. The Balaban J connectivity index is 1.42. The first-order valence-corrected chi connectivity index (χ1v) is 8.35. The van der Waals surface area contributed by atoms with E-state index in [9.17, 15) is 4.79 Å². The number of rotatable bonds is 3. The van der Waals surface area contributed by atoms with E-state index in [1.165, 1.54) is 37.8 Å². The lowest BCUT2D eigenvalue weighted by molar-refractivity contribution is -0.114. The Bertz CT molecular complexity index is 539. The topological polar surface area (TPSA) is 41.1 Å². The molecule has 3 aliphatic carbocycles. The van der Waals surface area contributed by atoms with E-state index < -0.39 is 0 Å². The average Bonchev–Trinajstić information content (AvgIpc) is 3.12. The van der Waals surface area contributed by atoms with Crippen molar-refractivity contribution in [3.05, 3.63) is 24.3 Å². The zero-order valence-electron chi connectivity index (χ0n) is 12.6. The summed E-state index contributed by atoms with van der Waals surface area (Å²) < 4.78 is 0. The molecule has 0 saturated heterocycles. The summed E-state index contributed by atoms with van der Waals surface area (Å²) in [6, 6.07) is 8.80. The number of nitrogens with one attached hydrogen (secondary N) is 2. The van der Waals surface area contributed by atoms with E-state index in [1.807, 2.05) is 12.1 Å². The van der Waals surface area contributed by atoms with Gasteiger partial charge in [-0.05, 0) is 73.6 Å². The van der Waals surface area contributed by atoms with Crippen LogP contribution >= 0.6 is 0 Å². The molecule has 3 aliphatic rings. The van der Waals surface area contributed by atoms with Crippen molar-refractivity contribution in [1.82, 2.24) is 0 Å². The standard InChI is InChI=1S/C18H24N2O/c1-11(21)19-13-5-7-14(8-6-13)20-18-10-12-9-17(18)16-4-2-3-15(12)16/h5-8,12,15-18,20H,2-4,9-10H2,1H3,(H,19,21). The lowest BCUT2D eigenvalue weighted by Gasteiger charge is -2.32. The molecule has 0 radical (unpaired) electrons. The van der Waals surface area contributed by atoms with Gasteiger partial charge < -0.3 is 10.6 Å². The van der Waals surface area contributed by atoms with E-state index >= 15 is 0 Å². The Hall–Kier alpha value is -1.51. The molecule has 5 unspecified atom stereocenters. The molecule has 0 aliphatic heterocycles. The molecule has 3 heteroatoms. The van der Waals surface area contributed by atoms with E-state index in [2.05, 4.69) is 22.8 Å². The maximum Gasteiger partial charge on any atom is 0.221 e. The number of benzene rings is 1. The summed E-state index contributed by atoms with van der Waals surface area (Å²) in [5.41, 5.74) is 2.06. The Labute approximate surface area is 126 Å². The lowest BCUT2D eigenvalue weighted by atomic mass is 9.79. The van der Waals surface area contributed by atoms with E-state index in [0.29, 0.717) is 6.04 Å². The summed E-state index contributed by atoms with van der Waals surface area (Å²) in [4.78, 5) is 11.0. The monoisotopic (exact) mass is 284 g/mol. The van der Waals surface area contributed by atoms with Crippen LogP contribution in [0, 0.1) is 23.7 Å². The molecule has 1 aromatic rings. The molecule has 0 heterocycles. The molecule has 3 fully saturated rings. The second-order valence-corrected chi connectivity index (χ2v) is 7.16. The highest BCUT2D eigenvalue weighted by Gasteiger charge is 2.53. The minimum Gasteiger partial charge on any atom is -0.382 e. The first-order valence-electron chi connectivity index (χ1n) is 8.35. The SMILES string of the molecule is CC(=O)Nc1ccc(NC2CC3CC2C2CCCC32)cc1. The quantitative estimate of drug-likeness (QED) is 0.884. The van der Waals surface area contributed by atoms with Crippen molar-refractivity contribution in [1.29, 1.82) is 0 Å². The van der Waals surface area contributed by atoms with E-state index in [4.69, 9.17) is 0 Å². The minimum absolute atomic E-state index is 0.0175. The molecule has 4 rings (SSSR count). The van der Waals surface area contributed by atoms with Gasteiger partial charge in [-0.15, -0.1) is 0 Å². The Kier molecular flexibility index (Phi) is 3.16. The van der Waals surface area contributed by atoms with Crippen molar-refractivity contribution >= 4 is 17.3 Å². The molecule has 1 aromatic carbocycles. The van der Waals surface area contributed by atoms with Crippen LogP contribution in [0.2, 0.25) is 0 Å². The van der Waals surface area contributed by atoms with Crippen LogP contribution in [-0.4, -0.2) is 11.9 Å². The molecule has 2 N–H and O–H groups in total. The summed E-state index contributed by atoms with van der Waals surface area (Å²) >= 11 is 0. The van der Waals surface area contributed by atoms with Gasteiger partial charge in [0.25, 0.3) is 0 Å². The molecular formula is C18H24N2O. The second-order valence-electron chi connectivity index (χ2n) is 7.16. The maximum atomic E-state index is 11.0. The van der Waals surface area contributed by atoms with Gasteiger partial charge in [0.15, 0.2) is 0 Å². The van der Waals surface area contributed by atoms with Crippen LogP contribution in [0.25, 0.3) is 0 Å². The van der Waals surface area contributed by atoms with E-state index in [1.54, 1.807) is 6.92 Å². The van der Waals surface area contributed by atoms with Crippen molar-refractivity contribution in [2.75, 3.05) is 10.6 Å². The predicted octanol–water partition coefficient (Wildman–Crippen LogP) is 3.88. The molecule has 21 heavy (non-hydrogen) atoms. The van der Waals surface area contributed by atoms with Crippen LogP contribution in [-0.2, 0) is 4.79 Å². The van der Waals surface area contributed by atoms with E-state index in [-0.39, 0.29) is 5.91 Å². The van der Waals surface area contributed by atoms with Crippen molar-refractivity contribution in [2.24, 2.45) is 23.7 Å². The molecule has 112 valence electrons. The van der Waals surface area contributed by atoms with Crippen molar-refractivity contribution in [2.45, 2.75) is 45.1 Å². The van der Waals surface area contributed by atoms with Crippen molar-refractivity contribution < 1.29 is 4.79 Å². The first-order chi connectivity index (χ1) is 10.2. The van der Waals surface area contributed by atoms with Crippen LogP contribution in [0.4, 0.5) is 11.4 Å². The van der Waals surface area contributed by atoms with Gasteiger partial charge >= 0.3 is 0 Å². The average molecular weight is 284 g/mol. The van der Waals surface area contributed by atoms with Gasteiger partial charge in [0.05, 0.1) is 0 Å². The molecular weight excluding hydrogens is 260 g/mol. The first kappa shape index (κ1) is 13.2. The lowest BCUT2D eigenvalue weighted by Crippen LogP contribution is -2.33. The fourth-order valence-corrected chi connectivity index (χ4v) is 5.30. The van der Waals surface area contributed by atoms with Crippen molar-refractivity contribution in [3.63, 3.8) is 0 Å². The number of carbonyl (C=O) groups excluding carboxylic acids is 1. The molecule has 0 aromatic heterocycles. The van der Waals surface area contributed by atoms with Crippen LogP contribution in [0.5, 0.6) is 0 Å². The second kappa shape index (κ2) is 5.04. The fraction of sp³-hybridized carbons (Fsp3) is 0.611. The third-order valence-corrected chi connectivity index (χ3v) is 5.99. The van der Waals surface area contributed by atoms with Crippen LogP contribution in [0.15, 0.2) is 24.3 Å². The third kappa shape index (κ3) is 2.33. The van der Waals surface area contributed by atoms with Gasteiger partial charge in [-0.2, -0.15) is 0 Å². The number of carbonyl (C=O) groups is 1. The van der Waals surface area contributed by atoms with Crippen molar-refractivity contribution in [3.8, 4) is 0 Å². The van der Waals surface area contributed by atoms with Gasteiger partial charge in [0, 0.05) is 24.3 Å². The van der Waals surface area contributed by atoms with Gasteiger partial charge in [-0.1, -0.05) is 6.42 Å². The third-order valence-electron chi connectivity index (χ3n) is 5.99. The molecule has 1 amide bonds. The molecule has 5 atom stereocenters. The highest BCUT2D eigenvalue weighted by atomic mass is 16.1. The number of anilines is 2. The summed E-state index contributed by atoms with van der Waals surface area (Å²) in [6.07, 6.45) is 7.23. The summed E-state index contributed by atoms with van der Waals surface area (Å²) in [5.74, 6) is 3.92. The predicted molar refractivity (Wildman–Crippen MR) is 85.2 cm³/mol. The molecule has 3 saturated carbocycles. The van der Waals surface area contributed by atoms with Crippen LogP contribution in [0.3, 0.4) is 0 Å². The molecule has 2 bridgehead atoms. The number of fused-ring (bicyclic) bond motifs is 5. The van der Waals surface area contributed by atoms with Gasteiger partial charge in [0.2, 0.25) is 5.91 Å². The highest BCUT2D eigenvalue weighted by Crippen LogP contribution is 2.59. The molecule has 0 spiro atoms. The smallest absolute Gasteiger partial charge is 0.221 e. The van der Waals surface area contributed by atoms with Crippen LogP contribution < -0.4 is 10.6 Å². The fourth-order valence-electron chi connectivity index (χ4n) is 5.30. The summed E-state index contributed by atoms with van der Waals surface area (Å²) in [5, 5.41) is 6.57. The number of hydrogen-bond acceptors (Lipinski definition) is 2. The Morgan fingerprint density at radius 2 is 1.71 bits per heavy atom. The largest absolute Gasteiger partial charge is 0.382 e. The molecule has 3 nitrogen and oxygen atoms in total. The van der Waals surface area contributed by atoms with Crippen LogP contribution in [0.1, 0.15) is 39.0 Å². The summed E-state index contributed by atoms with van der Waals surface area (Å²) in [6.45, 7) is 1.54. The summed E-state index contributed by atoms with van der Waals surface area (Å²) in [7, 11) is 0. The number of amides is 1. The minimum atomic E-state index is -0.0175. The zero-order valence-corrected chi connectivity index (χ0v) is 12.6. The van der Waals surface area contributed by atoms with Gasteiger partial charge in [0.1, 0.15) is 0 Å². The van der Waals surface area contributed by atoms with Gasteiger partial charge in [-0.25, -0.2) is 0 Å². The van der Waals surface area contributed by atoms with E-state index in [0.717, 1.165) is 29.4 Å².